The minimum absolute atomic E-state index is 0.279. The van der Waals surface area contributed by atoms with E-state index in [4.69, 9.17) is 39.5 Å². The quantitative estimate of drug-likeness (QED) is 0.815. The summed E-state index contributed by atoms with van der Waals surface area (Å²) in [7, 11) is 0. The van der Waals surface area contributed by atoms with Crippen molar-refractivity contribution in [2.75, 3.05) is 11.9 Å². The Morgan fingerprint density at radius 2 is 1.89 bits per heavy atom. The van der Waals surface area contributed by atoms with Crippen LogP contribution < -0.4 is 10.1 Å². The molecule has 0 aliphatic carbocycles. The van der Waals surface area contributed by atoms with Gasteiger partial charge in [-0.2, -0.15) is 0 Å². The number of nitrogens with zero attached hydrogens (tertiary/aromatic N) is 2. The molecule has 102 valence electrons. The summed E-state index contributed by atoms with van der Waals surface area (Å²) in [5, 5.41) is 13.8. The normalized spacial score (nSPS) is 10.5. The minimum Gasteiger partial charge on any atom is -0.485 e. The van der Waals surface area contributed by atoms with Crippen molar-refractivity contribution in [3.8, 4) is 5.75 Å². The molecule has 0 aliphatic heterocycles. The second kappa shape index (κ2) is 6.61. The molecule has 2 rings (SSSR count). The molecule has 0 unspecified atom stereocenters. The van der Waals surface area contributed by atoms with E-state index in [0.717, 1.165) is 16.7 Å². The lowest BCUT2D eigenvalue weighted by Crippen LogP contribution is -1.95. The van der Waals surface area contributed by atoms with E-state index in [-0.39, 0.29) is 6.61 Å². The smallest absolute Gasteiger partial charge is 0.205 e. The highest BCUT2D eigenvalue weighted by Gasteiger charge is 2.09. The van der Waals surface area contributed by atoms with Gasteiger partial charge in [0.05, 0.1) is 15.1 Å². The van der Waals surface area contributed by atoms with Gasteiger partial charge < -0.3 is 10.1 Å². The zero-order valence-corrected chi connectivity index (χ0v) is 13.0. The maximum Gasteiger partial charge on any atom is 0.205 e. The minimum atomic E-state index is 0.279. The summed E-state index contributed by atoms with van der Waals surface area (Å²) in [5.41, 5.74) is 0. The predicted molar refractivity (Wildman–Crippen MR) is 79.9 cm³/mol. The zero-order valence-electron chi connectivity index (χ0n) is 9.91. The van der Waals surface area contributed by atoms with Crippen LogP contribution in [0, 0.1) is 0 Å². The zero-order chi connectivity index (χ0) is 13.8. The fourth-order valence-electron chi connectivity index (χ4n) is 1.29. The van der Waals surface area contributed by atoms with Crippen molar-refractivity contribution in [3.05, 3.63) is 32.2 Å². The Hall–Kier alpha value is -0.750. The summed E-state index contributed by atoms with van der Waals surface area (Å²) in [6.45, 7) is 3.07. The van der Waals surface area contributed by atoms with Crippen LogP contribution in [0.3, 0.4) is 0 Å². The van der Waals surface area contributed by atoms with Gasteiger partial charge in [-0.3, -0.25) is 0 Å². The number of rotatable bonds is 5. The van der Waals surface area contributed by atoms with Gasteiger partial charge >= 0.3 is 0 Å². The van der Waals surface area contributed by atoms with E-state index in [2.05, 4.69) is 15.5 Å². The Bertz CT molecular complexity index is 576. The third-order valence-electron chi connectivity index (χ3n) is 2.12. The van der Waals surface area contributed by atoms with Gasteiger partial charge in [-0.05, 0) is 13.0 Å². The van der Waals surface area contributed by atoms with E-state index in [1.807, 2.05) is 6.92 Å². The van der Waals surface area contributed by atoms with Crippen LogP contribution in [0.1, 0.15) is 11.9 Å². The van der Waals surface area contributed by atoms with E-state index < -0.39 is 0 Å². The SMILES string of the molecule is CCNc1nnc(COc2cc(Cl)c(Cl)cc2Cl)s1. The molecule has 0 fully saturated rings. The molecule has 1 aromatic heterocycles. The van der Waals surface area contributed by atoms with Crippen LogP contribution in [0.4, 0.5) is 5.13 Å². The van der Waals surface area contributed by atoms with Crippen LogP contribution >= 0.6 is 46.1 Å². The van der Waals surface area contributed by atoms with E-state index in [9.17, 15) is 0 Å². The fraction of sp³-hybridized carbons (Fsp3) is 0.273. The molecular formula is C11H10Cl3N3OS. The molecule has 8 heteroatoms. The third-order valence-corrected chi connectivity index (χ3v) is 3.99. The topological polar surface area (TPSA) is 47.0 Å². The third kappa shape index (κ3) is 3.86. The maximum atomic E-state index is 6.01. The number of aromatic nitrogens is 2. The van der Waals surface area contributed by atoms with Crippen molar-refractivity contribution in [3.63, 3.8) is 0 Å². The number of nitrogens with one attached hydrogen (secondary N) is 1. The molecule has 0 aliphatic rings. The average Bonchev–Trinajstić information content (AvgIpc) is 2.80. The molecule has 2 aromatic rings. The number of ether oxygens (including phenoxy) is 1. The standard InChI is InChI=1S/C11H10Cl3N3OS/c1-2-15-11-17-16-10(19-11)5-18-9-4-7(13)6(12)3-8(9)14/h3-4H,2,5H2,1H3,(H,15,17). The summed E-state index contributed by atoms with van der Waals surface area (Å²) in [4.78, 5) is 0. The lowest BCUT2D eigenvalue weighted by Gasteiger charge is -2.07. The lowest BCUT2D eigenvalue weighted by atomic mass is 10.3. The number of halogens is 3. The van der Waals surface area contributed by atoms with Gasteiger partial charge in [-0.25, -0.2) is 0 Å². The molecule has 1 N–H and O–H groups in total. The van der Waals surface area contributed by atoms with Crippen LogP contribution in [0.15, 0.2) is 12.1 Å². The monoisotopic (exact) mass is 337 g/mol. The van der Waals surface area contributed by atoms with E-state index >= 15 is 0 Å². The highest BCUT2D eigenvalue weighted by molar-refractivity contribution is 7.15. The first kappa shape index (κ1) is 14.7. The van der Waals surface area contributed by atoms with Crippen LogP contribution in [0.2, 0.25) is 15.1 Å². The van der Waals surface area contributed by atoms with E-state index in [1.54, 1.807) is 12.1 Å². The summed E-state index contributed by atoms with van der Waals surface area (Å²) in [6.07, 6.45) is 0. The highest BCUT2D eigenvalue weighted by atomic mass is 35.5. The highest BCUT2D eigenvalue weighted by Crippen LogP contribution is 2.34. The summed E-state index contributed by atoms with van der Waals surface area (Å²) < 4.78 is 5.56. The van der Waals surface area contributed by atoms with Crippen LogP contribution in [-0.2, 0) is 6.61 Å². The molecule has 1 aromatic carbocycles. The average molecular weight is 339 g/mol. The Kier molecular flexibility index (Phi) is 5.10. The molecule has 0 saturated heterocycles. The Morgan fingerprint density at radius 1 is 1.16 bits per heavy atom. The molecular weight excluding hydrogens is 329 g/mol. The number of benzene rings is 1. The summed E-state index contributed by atoms with van der Waals surface area (Å²) in [6, 6.07) is 3.13. The second-order valence-electron chi connectivity index (χ2n) is 3.52. The van der Waals surface area contributed by atoms with Gasteiger partial charge in [0.1, 0.15) is 12.4 Å². The first-order chi connectivity index (χ1) is 9.10. The van der Waals surface area contributed by atoms with Crippen molar-refractivity contribution in [1.82, 2.24) is 10.2 Å². The molecule has 0 bridgehead atoms. The van der Waals surface area contributed by atoms with Crippen LogP contribution in [-0.4, -0.2) is 16.7 Å². The largest absolute Gasteiger partial charge is 0.485 e. The van der Waals surface area contributed by atoms with Gasteiger partial charge in [-0.1, -0.05) is 46.1 Å². The van der Waals surface area contributed by atoms with Gasteiger partial charge in [0.15, 0.2) is 5.01 Å². The van der Waals surface area contributed by atoms with Gasteiger partial charge in [-0.15, -0.1) is 10.2 Å². The molecule has 0 atom stereocenters. The Balaban J connectivity index is 2.03. The Labute approximate surface area is 129 Å². The molecule has 0 amide bonds. The maximum absolute atomic E-state index is 6.01. The van der Waals surface area contributed by atoms with Crippen molar-refractivity contribution in [2.24, 2.45) is 0 Å². The van der Waals surface area contributed by atoms with Crippen molar-refractivity contribution < 1.29 is 4.74 Å². The van der Waals surface area contributed by atoms with E-state index in [1.165, 1.54) is 11.3 Å². The molecule has 4 nitrogen and oxygen atoms in total. The fourth-order valence-corrected chi connectivity index (χ4v) is 2.60. The number of anilines is 1. The van der Waals surface area contributed by atoms with Crippen LogP contribution in [0.25, 0.3) is 0 Å². The van der Waals surface area contributed by atoms with Crippen LogP contribution in [0.5, 0.6) is 5.75 Å². The van der Waals surface area contributed by atoms with E-state index in [0.29, 0.717) is 20.8 Å². The van der Waals surface area contributed by atoms with Crippen molar-refractivity contribution in [1.29, 1.82) is 0 Å². The first-order valence-corrected chi connectivity index (χ1v) is 7.38. The Morgan fingerprint density at radius 3 is 2.63 bits per heavy atom. The summed E-state index contributed by atoms with van der Waals surface area (Å²) >= 11 is 19.2. The first-order valence-electron chi connectivity index (χ1n) is 5.43. The summed E-state index contributed by atoms with van der Waals surface area (Å²) in [5.74, 6) is 0.469. The van der Waals surface area contributed by atoms with Gasteiger partial charge in [0, 0.05) is 12.6 Å². The second-order valence-corrected chi connectivity index (χ2v) is 5.80. The molecule has 0 saturated carbocycles. The number of hydrogen-bond acceptors (Lipinski definition) is 5. The molecule has 19 heavy (non-hydrogen) atoms. The van der Waals surface area contributed by atoms with Crippen molar-refractivity contribution in [2.45, 2.75) is 13.5 Å². The predicted octanol–water partition coefficient (Wildman–Crippen LogP) is 4.51. The number of hydrogen-bond donors (Lipinski definition) is 1. The van der Waals surface area contributed by atoms with Gasteiger partial charge in [0.25, 0.3) is 0 Å². The lowest BCUT2D eigenvalue weighted by molar-refractivity contribution is 0.305. The molecule has 1 heterocycles. The molecule has 0 spiro atoms. The van der Waals surface area contributed by atoms with Crippen molar-refractivity contribution >= 4 is 51.3 Å². The molecule has 0 radical (unpaired) electrons. The van der Waals surface area contributed by atoms with Gasteiger partial charge in [0.2, 0.25) is 5.13 Å².